The van der Waals surface area contributed by atoms with Gasteiger partial charge in [-0.05, 0) is 132 Å². The Balaban J connectivity index is 0.00000631. The van der Waals surface area contributed by atoms with Crippen molar-refractivity contribution >= 4 is 0 Å². The Morgan fingerprint density at radius 2 is 0.716 bits per heavy atom. The molecule has 0 saturated heterocycles. The minimum atomic E-state index is -2.48. The van der Waals surface area contributed by atoms with Gasteiger partial charge < -0.3 is 15.0 Å². The van der Waals surface area contributed by atoms with Crippen molar-refractivity contribution in [2.45, 2.75) is 6.85 Å². The largest absolute Gasteiger partial charge is 3.00 e. The molecule has 0 aliphatic heterocycles. The van der Waals surface area contributed by atoms with Crippen LogP contribution in [0.1, 0.15) is 9.68 Å². The molecule has 0 bridgehead atoms. The third-order valence-corrected chi connectivity index (χ3v) is 13.3. The normalized spacial score (nSPS) is 11.7. The summed E-state index contributed by atoms with van der Waals surface area (Å²) in [5.74, 6) is 0. The zero-order chi connectivity index (χ0) is 51.4. The van der Waals surface area contributed by atoms with E-state index in [9.17, 15) is 0 Å². The van der Waals surface area contributed by atoms with Gasteiger partial charge in [0.1, 0.15) is 0 Å². The van der Waals surface area contributed by atoms with Crippen LogP contribution in [0.15, 0.2) is 261 Å². The van der Waals surface area contributed by atoms with Crippen LogP contribution in [0.4, 0.5) is 0 Å². The van der Waals surface area contributed by atoms with Crippen LogP contribution in [-0.4, -0.2) is 15.0 Å². The summed E-state index contributed by atoms with van der Waals surface area (Å²) in [6.07, 6.45) is 5.58. The van der Waals surface area contributed by atoms with Gasteiger partial charge >= 0.3 is 20.1 Å². The van der Waals surface area contributed by atoms with Crippen LogP contribution in [-0.2, 0) is 20.1 Å². The van der Waals surface area contributed by atoms with Crippen molar-refractivity contribution in [1.82, 2.24) is 15.0 Å². The van der Waals surface area contributed by atoms with Gasteiger partial charge in [-0.2, -0.15) is 0 Å². The SMILES string of the molecule is [2H]C([2H])([2H])c1cc(-c2[c-]ccc(-c3cccc(-c4ccccc4)c3)c2)ncc1-c1ccccc1-c1cc(-c2ccccc2-c2ccc(-c3[c-]cccc3)nc2)cc(-c2ccccc2-c2ccc(-c3[c-]cccc3)nc2)c1.[Ir+3]. The van der Waals surface area contributed by atoms with Crippen molar-refractivity contribution in [1.29, 1.82) is 0 Å². The van der Waals surface area contributed by atoms with E-state index in [-0.39, 0.29) is 25.7 Å². The molecule has 9 aromatic carbocycles. The van der Waals surface area contributed by atoms with Crippen molar-refractivity contribution in [3.8, 4) is 123 Å². The number of rotatable bonds is 11. The molecule has 74 heavy (non-hydrogen) atoms. The van der Waals surface area contributed by atoms with Gasteiger partial charge in [-0.15, -0.1) is 107 Å². The van der Waals surface area contributed by atoms with Crippen LogP contribution >= 0.6 is 0 Å². The fraction of sp³-hybridized carbons (Fsp3) is 0.0143. The summed E-state index contributed by atoms with van der Waals surface area (Å²) >= 11 is 0. The zero-order valence-electron chi connectivity index (χ0n) is 43.0. The van der Waals surface area contributed by atoms with Crippen molar-refractivity contribution in [2.75, 3.05) is 0 Å². The second-order valence-corrected chi connectivity index (χ2v) is 17.9. The van der Waals surface area contributed by atoms with Gasteiger partial charge in [0.15, 0.2) is 0 Å². The molecule has 12 aromatic rings. The predicted molar refractivity (Wildman–Crippen MR) is 301 cm³/mol. The zero-order valence-corrected chi connectivity index (χ0v) is 42.4. The Kier molecular flexibility index (Phi) is 12.7. The van der Waals surface area contributed by atoms with Crippen molar-refractivity contribution in [3.05, 3.63) is 285 Å². The fourth-order valence-corrected chi connectivity index (χ4v) is 9.69. The maximum Gasteiger partial charge on any atom is 3.00 e. The van der Waals surface area contributed by atoms with Gasteiger partial charge in [0.05, 0.1) is 0 Å². The average molecular weight is 1120 g/mol. The molecule has 0 aliphatic rings. The molecule has 0 aliphatic carbocycles. The molecular weight excluding hydrogens is 1080 g/mol. The molecule has 0 N–H and O–H groups in total. The van der Waals surface area contributed by atoms with Gasteiger partial charge in [0.2, 0.25) is 0 Å². The van der Waals surface area contributed by atoms with Crippen molar-refractivity contribution in [3.63, 3.8) is 0 Å². The van der Waals surface area contributed by atoms with Crippen LogP contribution in [0.3, 0.4) is 0 Å². The molecule has 0 atom stereocenters. The average Bonchev–Trinajstić information content (AvgIpc) is 3.53. The van der Waals surface area contributed by atoms with E-state index < -0.39 is 6.85 Å². The standard InChI is InChI=1S/C70H46N3.Ir/c1-48-39-70(55-28-18-27-54(41-55)53-26-17-25-52(40-53)49-19-5-2-6-20-49)73-47-67(48)66-34-16-15-33-65(66)60-43-58(63-31-13-11-29-61(63)56-35-37-68(71-45-56)50-21-7-3-8-22-50)42-59(44-60)64-32-14-12-30-62(64)57-36-38-69(72-46-57)51-23-9-4-10-24-51;/h2-21,23,25-27,29-47H,1H3;/q-3;+3/i1D3;. The number of pyridine rings is 3. The minimum Gasteiger partial charge on any atom is -0.304 e. The number of nitrogens with zero attached hydrogens (tertiary/aromatic N) is 3. The summed E-state index contributed by atoms with van der Waals surface area (Å²) in [5, 5.41) is 0. The van der Waals surface area contributed by atoms with E-state index in [1.807, 2.05) is 128 Å². The van der Waals surface area contributed by atoms with E-state index >= 15 is 0 Å². The molecular formula is C70H46IrN3. The van der Waals surface area contributed by atoms with Gasteiger partial charge in [-0.1, -0.05) is 152 Å². The van der Waals surface area contributed by atoms with E-state index in [4.69, 9.17) is 19.1 Å². The van der Waals surface area contributed by atoms with Gasteiger partial charge in [0.25, 0.3) is 0 Å². The molecule has 0 amide bonds. The van der Waals surface area contributed by atoms with Gasteiger partial charge in [-0.25, -0.2) is 0 Å². The molecule has 12 rings (SSSR count). The second kappa shape index (κ2) is 21.4. The number of aromatic nitrogens is 3. The van der Waals surface area contributed by atoms with Crippen LogP contribution in [0.5, 0.6) is 0 Å². The molecule has 0 radical (unpaired) electrons. The first-order chi connectivity index (χ1) is 37.3. The van der Waals surface area contributed by atoms with Gasteiger partial charge in [-0.3, -0.25) is 0 Å². The maximum atomic E-state index is 8.99. The molecule has 3 nitrogen and oxygen atoms in total. The third-order valence-electron chi connectivity index (χ3n) is 13.3. The van der Waals surface area contributed by atoms with E-state index in [0.29, 0.717) is 16.8 Å². The summed E-state index contributed by atoms with van der Waals surface area (Å²) in [4.78, 5) is 14.8. The fourth-order valence-electron chi connectivity index (χ4n) is 9.69. The molecule has 0 saturated carbocycles. The first-order valence-electron chi connectivity index (χ1n) is 25.8. The first kappa shape index (κ1) is 43.8. The van der Waals surface area contributed by atoms with E-state index in [1.165, 1.54) is 0 Å². The van der Waals surface area contributed by atoms with Gasteiger partial charge in [0, 0.05) is 28.3 Å². The molecule has 350 valence electrons. The van der Waals surface area contributed by atoms with E-state index in [0.717, 1.165) is 106 Å². The maximum absolute atomic E-state index is 8.99. The summed E-state index contributed by atoms with van der Waals surface area (Å²) in [7, 11) is 0. The summed E-state index contributed by atoms with van der Waals surface area (Å²) < 4.78 is 27.0. The number of hydrogen-bond donors (Lipinski definition) is 0. The first-order valence-corrected chi connectivity index (χ1v) is 24.3. The topological polar surface area (TPSA) is 38.7 Å². The minimum absolute atomic E-state index is 0. The molecule has 3 heterocycles. The quantitative estimate of drug-likeness (QED) is 0.121. The van der Waals surface area contributed by atoms with Crippen LogP contribution < -0.4 is 0 Å². The Labute approximate surface area is 451 Å². The number of aryl methyl sites for hydroxylation is 1. The van der Waals surface area contributed by atoms with Crippen molar-refractivity contribution < 1.29 is 24.2 Å². The van der Waals surface area contributed by atoms with Crippen LogP contribution in [0.2, 0.25) is 0 Å². The summed E-state index contributed by atoms with van der Waals surface area (Å²) in [5.41, 5.74) is 20.3. The Morgan fingerprint density at radius 3 is 1.23 bits per heavy atom. The number of benzene rings is 9. The second-order valence-electron chi connectivity index (χ2n) is 17.9. The molecule has 3 aromatic heterocycles. The van der Waals surface area contributed by atoms with Crippen molar-refractivity contribution in [2.24, 2.45) is 0 Å². The Morgan fingerprint density at radius 1 is 0.284 bits per heavy atom. The van der Waals surface area contributed by atoms with E-state index in [1.54, 1.807) is 12.3 Å². The monoisotopic (exact) mass is 1120 g/mol. The molecule has 4 heteroatoms. The third kappa shape index (κ3) is 9.85. The Bertz CT molecular complexity index is 3870. The molecule has 0 fully saturated rings. The summed E-state index contributed by atoms with van der Waals surface area (Å²) in [6, 6.07) is 91.9. The Hall–Kier alpha value is -8.92. The molecule has 0 spiro atoms. The summed E-state index contributed by atoms with van der Waals surface area (Å²) in [6.45, 7) is -2.48. The molecule has 0 unspecified atom stereocenters. The van der Waals surface area contributed by atoms with E-state index in [2.05, 4.69) is 140 Å². The number of hydrogen-bond acceptors (Lipinski definition) is 3. The van der Waals surface area contributed by atoms with Crippen LogP contribution in [0.25, 0.3) is 123 Å². The predicted octanol–water partition coefficient (Wildman–Crippen LogP) is 17.9. The van der Waals surface area contributed by atoms with Crippen LogP contribution in [0, 0.1) is 25.1 Å². The smallest absolute Gasteiger partial charge is 0.304 e.